The van der Waals surface area contributed by atoms with Crippen LogP contribution in [0.2, 0.25) is 0 Å². The molecule has 78 valence electrons. The van der Waals surface area contributed by atoms with E-state index in [0.29, 0.717) is 5.69 Å². The van der Waals surface area contributed by atoms with Crippen molar-refractivity contribution in [3.05, 3.63) is 17.5 Å². The predicted molar refractivity (Wildman–Crippen MR) is 53.1 cm³/mol. The van der Waals surface area contributed by atoms with Crippen LogP contribution in [0.3, 0.4) is 0 Å². The Hall–Kier alpha value is -1.16. The maximum absolute atomic E-state index is 10.7. The topological polar surface area (TPSA) is 55.1 Å². The summed E-state index contributed by atoms with van der Waals surface area (Å²) in [5.41, 5.74) is 0.555. The highest BCUT2D eigenvalue weighted by Crippen LogP contribution is 2.24. The van der Waals surface area contributed by atoms with E-state index in [1.807, 2.05) is 26.8 Å². The fraction of sp³-hybridized carbons (Fsp3) is 0.600. The van der Waals surface area contributed by atoms with Gasteiger partial charge in [0.2, 0.25) is 0 Å². The van der Waals surface area contributed by atoms with Crippen molar-refractivity contribution in [2.45, 2.75) is 32.2 Å². The quantitative estimate of drug-likeness (QED) is 0.743. The summed E-state index contributed by atoms with van der Waals surface area (Å²) >= 11 is 0. The highest BCUT2D eigenvalue weighted by Gasteiger charge is 2.22. The average Bonchev–Trinajstić information content (AvgIpc) is 2.54. The zero-order valence-corrected chi connectivity index (χ0v) is 9.00. The predicted octanol–water partition coefficient (Wildman–Crippen LogP) is 1.43. The van der Waals surface area contributed by atoms with Gasteiger partial charge in [0.25, 0.3) is 0 Å². The fourth-order valence-electron chi connectivity index (χ4n) is 1.07. The van der Waals surface area contributed by atoms with Gasteiger partial charge < -0.3 is 14.6 Å². The Morgan fingerprint density at radius 1 is 1.57 bits per heavy atom. The van der Waals surface area contributed by atoms with Gasteiger partial charge in [-0.1, -0.05) is 25.9 Å². The van der Waals surface area contributed by atoms with E-state index in [0.717, 1.165) is 12.0 Å². The largest absolute Gasteiger partial charge is 0.361 e. The van der Waals surface area contributed by atoms with E-state index in [9.17, 15) is 4.79 Å². The molecule has 1 heterocycles. The number of carbonyl (C=O) groups excluding carboxylic acids is 1. The SMILES string of the molecule is CNC(C=O)c1cc(C(C)(C)C)on1. The van der Waals surface area contributed by atoms with Gasteiger partial charge in [0.1, 0.15) is 23.8 Å². The van der Waals surface area contributed by atoms with Gasteiger partial charge >= 0.3 is 0 Å². The van der Waals surface area contributed by atoms with Crippen molar-refractivity contribution in [2.24, 2.45) is 0 Å². The monoisotopic (exact) mass is 196 g/mol. The number of carbonyl (C=O) groups is 1. The fourth-order valence-corrected chi connectivity index (χ4v) is 1.07. The number of hydrogen-bond donors (Lipinski definition) is 1. The summed E-state index contributed by atoms with van der Waals surface area (Å²) < 4.78 is 5.16. The molecule has 0 aliphatic carbocycles. The van der Waals surface area contributed by atoms with Crippen molar-refractivity contribution in [1.29, 1.82) is 0 Å². The Labute approximate surface area is 83.7 Å². The molecule has 1 rings (SSSR count). The minimum atomic E-state index is -0.380. The lowest BCUT2D eigenvalue weighted by Crippen LogP contribution is -2.17. The normalized spacial score (nSPS) is 14.0. The van der Waals surface area contributed by atoms with Crippen molar-refractivity contribution < 1.29 is 9.32 Å². The van der Waals surface area contributed by atoms with Crippen LogP contribution in [0.5, 0.6) is 0 Å². The van der Waals surface area contributed by atoms with Crippen LogP contribution in [0.25, 0.3) is 0 Å². The van der Waals surface area contributed by atoms with Gasteiger partial charge in [0.15, 0.2) is 0 Å². The molecule has 0 saturated carbocycles. The Morgan fingerprint density at radius 3 is 2.57 bits per heavy atom. The molecule has 0 aromatic carbocycles. The van der Waals surface area contributed by atoms with Crippen LogP contribution in [-0.2, 0) is 10.2 Å². The van der Waals surface area contributed by atoms with Crippen LogP contribution in [0.15, 0.2) is 10.6 Å². The molecule has 14 heavy (non-hydrogen) atoms. The Bertz CT molecular complexity index is 312. The summed E-state index contributed by atoms with van der Waals surface area (Å²) in [5.74, 6) is 0.787. The van der Waals surface area contributed by atoms with E-state index in [2.05, 4.69) is 10.5 Å². The van der Waals surface area contributed by atoms with Crippen LogP contribution >= 0.6 is 0 Å². The minimum absolute atomic E-state index is 0.0770. The number of aromatic nitrogens is 1. The van der Waals surface area contributed by atoms with Crippen LogP contribution < -0.4 is 5.32 Å². The van der Waals surface area contributed by atoms with E-state index in [1.165, 1.54) is 0 Å². The highest BCUT2D eigenvalue weighted by molar-refractivity contribution is 5.60. The lowest BCUT2D eigenvalue weighted by atomic mass is 9.93. The summed E-state index contributed by atoms with van der Waals surface area (Å²) in [6.45, 7) is 6.10. The number of hydrogen-bond acceptors (Lipinski definition) is 4. The second-order valence-corrected chi connectivity index (χ2v) is 4.27. The molecule has 1 aromatic heterocycles. The second-order valence-electron chi connectivity index (χ2n) is 4.27. The zero-order chi connectivity index (χ0) is 10.8. The third kappa shape index (κ3) is 2.20. The van der Waals surface area contributed by atoms with Crippen molar-refractivity contribution >= 4 is 6.29 Å². The van der Waals surface area contributed by atoms with E-state index >= 15 is 0 Å². The Morgan fingerprint density at radius 2 is 2.21 bits per heavy atom. The molecule has 0 radical (unpaired) electrons. The van der Waals surface area contributed by atoms with Gasteiger partial charge in [-0.05, 0) is 7.05 Å². The molecule has 0 saturated heterocycles. The smallest absolute Gasteiger partial charge is 0.143 e. The van der Waals surface area contributed by atoms with Gasteiger partial charge in [-0.15, -0.1) is 0 Å². The van der Waals surface area contributed by atoms with Gasteiger partial charge in [0.05, 0.1) is 0 Å². The number of rotatable bonds is 3. The molecule has 0 aliphatic heterocycles. The number of aldehydes is 1. The van der Waals surface area contributed by atoms with E-state index in [1.54, 1.807) is 7.05 Å². The van der Waals surface area contributed by atoms with E-state index in [4.69, 9.17) is 4.52 Å². The Balaban J connectivity index is 2.93. The molecular weight excluding hydrogens is 180 g/mol. The summed E-state index contributed by atoms with van der Waals surface area (Å²) in [5, 5.41) is 6.70. The maximum Gasteiger partial charge on any atom is 0.143 e. The second kappa shape index (κ2) is 3.92. The van der Waals surface area contributed by atoms with Crippen molar-refractivity contribution in [3.8, 4) is 0 Å². The number of likely N-dealkylation sites (N-methyl/N-ethyl adjacent to an activating group) is 1. The minimum Gasteiger partial charge on any atom is -0.361 e. The van der Waals surface area contributed by atoms with E-state index < -0.39 is 0 Å². The van der Waals surface area contributed by atoms with Crippen LogP contribution in [0, 0.1) is 0 Å². The Kier molecular flexibility index (Phi) is 3.06. The first-order chi connectivity index (χ1) is 6.49. The van der Waals surface area contributed by atoms with Gasteiger partial charge in [-0.2, -0.15) is 0 Å². The molecule has 0 bridgehead atoms. The first-order valence-electron chi connectivity index (χ1n) is 4.58. The molecule has 0 amide bonds. The molecule has 4 heteroatoms. The molecule has 1 unspecified atom stereocenters. The number of nitrogens with zero attached hydrogens (tertiary/aromatic N) is 1. The average molecular weight is 196 g/mol. The molecule has 1 atom stereocenters. The maximum atomic E-state index is 10.7. The van der Waals surface area contributed by atoms with Crippen molar-refractivity contribution in [1.82, 2.24) is 10.5 Å². The van der Waals surface area contributed by atoms with Gasteiger partial charge in [-0.25, -0.2) is 0 Å². The van der Waals surface area contributed by atoms with Crippen LogP contribution in [0.4, 0.5) is 0 Å². The summed E-state index contributed by atoms with van der Waals surface area (Å²) in [6, 6.07) is 1.44. The zero-order valence-electron chi connectivity index (χ0n) is 9.00. The first kappa shape index (κ1) is 10.9. The van der Waals surface area contributed by atoms with Crippen molar-refractivity contribution in [3.63, 3.8) is 0 Å². The van der Waals surface area contributed by atoms with Crippen molar-refractivity contribution in [2.75, 3.05) is 7.05 Å². The molecule has 4 nitrogen and oxygen atoms in total. The summed E-state index contributed by atoms with van der Waals surface area (Å²) in [7, 11) is 1.71. The molecule has 0 aliphatic rings. The molecule has 1 N–H and O–H groups in total. The lowest BCUT2D eigenvalue weighted by Gasteiger charge is -2.12. The first-order valence-corrected chi connectivity index (χ1v) is 4.58. The molecule has 1 aromatic rings. The lowest BCUT2D eigenvalue weighted by molar-refractivity contribution is -0.109. The third-order valence-corrected chi connectivity index (χ3v) is 2.03. The number of nitrogens with one attached hydrogen (secondary N) is 1. The van der Waals surface area contributed by atoms with Gasteiger partial charge in [-0.3, -0.25) is 0 Å². The molecule has 0 fully saturated rings. The highest BCUT2D eigenvalue weighted by atomic mass is 16.5. The van der Waals surface area contributed by atoms with E-state index in [-0.39, 0.29) is 11.5 Å². The standard InChI is InChI=1S/C10H16N2O2/c1-10(2,3)9-5-7(12-14-9)8(6-13)11-4/h5-6,8,11H,1-4H3. The molecule has 0 spiro atoms. The summed E-state index contributed by atoms with van der Waals surface area (Å²) in [6.07, 6.45) is 0.810. The van der Waals surface area contributed by atoms with Crippen LogP contribution in [-0.4, -0.2) is 18.5 Å². The van der Waals surface area contributed by atoms with Gasteiger partial charge in [0, 0.05) is 11.5 Å². The molecular formula is C10H16N2O2. The third-order valence-electron chi connectivity index (χ3n) is 2.03. The summed E-state index contributed by atoms with van der Waals surface area (Å²) in [4.78, 5) is 10.7. The van der Waals surface area contributed by atoms with Crippen LogP contribution in [0.1, 0.15) is 38.3 Å².